The Bertz CT molecular complexity index is 607. The zero-order valence-electron chi connectivity index (χ0n) is 10.7. The SMILES string of the molecule is CC1CC2CC1C1C(=O)c3cccc(Br)c3C(=O)C21. The van der Waals surface area contributed by atoms with E-state index >= 15 is 0 Å². The van der Waals surface area contributed by atoms with Crippen molar-refractivity contribution in [3.05, 3.63) is 33.8 Å². The van der Waals surface area contributed by atoms with E-state index in [1.54, 1.807) is 0 Å². The van der Waals surface area contributed by atoms with Gasteiger partial charge in [0.25, 0.3) is 0 Å². The van der Waals surface area contributed by atoms with Gasteiger partial charge in [0, 0.05) is 27.4 Å². The van der Waals surface area contributed by atoms with Crippen LogP contribution in [0.2, 0.25) is 0 Å². The molecule has 5 unspecified atom stereocenters. The number of hydrogen-bond acceptors (Lipinski definition) is 2. The second-order valence-electron chi connectivity index (χ2n) is 6.32. The highest BCUT2D eigenvalue weighted by atomic mass is 79.9. The molecule has 2 bridgehead atoms. The van der Waals surface area contributed by atoms with E-state index in [0.29, 0.717) is 28.9 Å². The molecule has 2 saturated carbocycles. The average molecular weight is 319 g/mol. The van der Waals surface area contributed by atoms with Crippen LogP contribution in [0.1, 0.15) is 40.5 Å². The molecule has 0 radical (unpaired) electrons. The van der Waals surface area contributed by atoms with Gasteiger partial charge < -0.3 is 0 Å². The highest BCUT2D eigenvalue weighted by Crippen LogP contribution is 2.58. The molecular weight excluding hydrogens is 304 g/mol. The lowest BCUT2D eigenvalue weighted by Crippen LogP contribution is -2.42. The number of benzene rings is 1. The van der Waals surface area contributed by atoms with Gasteiger partial charge in [-0.25, -0.2) is 0 Å². The van der Waals surface area contributed by atoms with E-state index < -0.39 is 0 Å². The van der Waals surface area contributed by atoms with E-state index in [2.05, 4.69) is 22.9 Å². The minimum absolute atomic E-state index is 0.0388. The number of Topliss-reactive ketones (excluding diaryl/α,β-unsaturated/α-hetero) is 2. The van der Waals surface area contributed by atoms with Crippen LogP contribution in [0.3, 0.4) is 0 Å². The van der Waals surface area contributed by atoms with Gasteiger partial charge in [-0.3, -0.25) is 9.59 Å². The molecule has 19 heavy (non-hydrogen) atoms. The molecule has 1 aromatic rings. The fraction of sp³-hybridized carbons (Fsp3) is 0.500. The predicted octanol–water partition coefficient (Wildman–Crippen LogP) is 3.74. The van der Waals surface area contributed by atoms with Crippen molar-refractivity contribution in [1.29, 1.82) is 0 Å². The molecule has 5 atom stereocenters. The van der Waals surface area contributed by atoms with Crippen molar-refractivity contribution in [1.82, 2.24) is 0 Å². The minimum atomic E-state index is -0.0418. The quantitative estimate of drug-likeness (QED) is 0.730. The normalized spacial score (nSPS) is 39.4. The number of ketones is 2. The molecule has 3 heteroatoms. The second kappa shape index (κ2) is 3.78. The Morgan fingerprint density at radius 3 is 2.68 bits per heavy atom. The maximum Gasteiger partial charge on any atom is 0.168 e. The number of rotatable bonds is 0. The van der Waals surface area contributed by atoms with E-state index in [1.807, 2.05) is 18.2 Å². The molecule has 3 aliphatic rings. The van der Waals surface area contributed by atoms with E-state index in [4.69, 9.17) is 0 Å². The van der Waals surface area contributed by atoms with Crippen molar-refractivity contribution in [2.75, 3.05) is 0 Å². The molecule has 1 aromatic carbocycles. The Balaban J connectivity index is 1.91. The number of fused-ring (bicyclic) bond motifs is 6. The zero-order chi connectivity index (χ0) is 13.3. The highest BCUT2D eigenvalue weighted by molar-refractivity contribution is 9.10. The van der Waals surface area contributed by atoms with E-state index in [1.165, 1.54) is 0 Å². The molecule has 2 nitrogen and oxygen atoms in total. The van der Waals surface area contributed by atoms with E-state index in [-0.39, 0.29) is 23.4 Å². The van der Waals surface area contributed by atoms with Crippen LogP contribution in [-0.2, 0) is 0 Å². The summed E-state index contributed by atoms with van der Waals surface area (Å²) in [5.74, 6) is 1.78. The lowest BCUT2D eigenvalue weighted by Gasteiger charge is -2.36. The molecule has 4 rings (SSSR count). The third kappa shape index (κ3) is 1.37. The van der Waals surface area contributed by atoms with Gasteiger partial charge in [-0.1, -0.05) is 35.0 Å². The molecule has 0 N–H and O–H groups in total. The summed E-state index contributed by atoms with van der Waals surface area (Å²) in [5.41, 5.74) is 1.27. The number of carbonyl (C=O) groups excluding carboxylic acids is 2. The first-order valence-corrected chi connectivity index (χ1v) is 7.76. The van der Waals surface area contributed by atoms with Crippen LogP contribution in [-0.4, -0.2) is 11.6 Å². The summed E-state index contributed by atoms with van der Waals surface area (Å²) < 4.78 is 0.776. The summed E-state index contributed by atoms with van der Waals surface area (Å²) in [6.07, 6.45) is 2.18. The Hall–Kier alpha value is -0.960. The topological polar surface area (TPSA) is 34.1 Å². The smallest absolute Gasteiger partial charge is 0.168 e. The summed E-state index contributed by atoms with van der Waals surface area (Å²) in [7, 11) is 0. The van der Waals surface area contributed by atoms with Gasteiger partial charge in [0.1, 0.15) is 0 Å². The Labute approximate surface area is 120 Å². The van der Waals surface area contributed by atoms with Crippen LogP contribution in [0.25, 0.3) is 0 Å². The van der Waals surface area contributed by atoms with Crippen LogP contribution in [0.15, 0.2) is 22.7 Å². The van der Waals surface area contributed by atoms with Gasteiger partial charge in [-0.05, 0) is 36.7 Å². The van der Waals surface area contributed by atoms with Crippen LogP contribution in [0, 0.1) is 29.6 Å². The summed E-state index contributed by atoms with van der Waals surface area (Å²) >= 11 is 3.44. The largest absolute Gasteiger partial charge is 0.294 e. The molecule has 0 amide bonds. The van der Waals surface area contributed by atoms with Gasteiger partial charge in [0.2, 0.25) is 0 Å². The van der Waals surface area contributed by atoms with E-state index in [0.717, 1.165) is 17.3 Å². The van der Waals surface area contributed by atoms with Gasteiger partial charge in [-0.15, -0.1) is 0 Å². The molecule has 0 spiro atoms. The van der Waals surface area contributed by atoms with Crippen molar-refractivity contribution < 1.29 is 9.59 Å². The molecule has 0 aliphatic heterocycles. The number of carbonyl (C=O) groups is 2. The molecule has 98 valence electrons. The van der Waals surface area contributed by atoms with Crippen molar-refractivity contribution in [3.63, 3.8) is 0 Å². The van der Waals surface area contributed by atoms with Crippen LogP contribution < -0.4 is 0 Å². The summed E-state index contributed by atoms with van der Waals surface area (Å²) in [6.45, 7) is 2.23. The first kappa shape index (κ1) is 11.8. The molecular formula is C16H15BrO2. The first-order valence-electron chi connectivity index (χ1n) is 6.96. The monoisotopic (exact) mass is 318 g/mol. The first-order chi connectivity index (χ1) is 9.09. The number of hydrogen-bond donors (Lipinski definition) is 0. The van der Waals surface area contributed by atoms with E-state index in [9.17, 15) is 9.59 Å². The molecule has 0 saturated heterocycles. The Morgan fingerprint density at radius 1 is 1.11 bits per heavy atom. The third-order valence-corrected chi connectivity index (χ3v) is 6.13. The van der Waals surface area contributed by atoms with Crippen LogP contribution in [0.5, 0.6) is 0 Å². The predicted molar refractivity (Wildman–Crippen MR) is 75.2 cm³/mol. The summed E-state index contributed by atoms with van der Waals surface area (Å²) in [6, 6.07) is 5.53. The summed E-state index contributed by atoms with van der Waals surface area (Å²) in [4.78, 5) is 25.5. The van der Waals surface area contributed by atoms with Gasteiger partial charge in [-0.2, -0.15) is 0 Å². The van der Waals surface area contributed by atoms with Crippen molar-refractivity contribution >= 4 is 27.5 Å². The summed E-state index contributed by atoms with van der Waals surface area (Å²) in [5, 5.41) is 0. The fourth-order valence-electron chi connectivity index (χ4n) is 4.74. The second-order valence-corrected chi connectivity index (χ2v) is 7.17. The minimum Gasteiger partial charge on any atom is -0.294 e. The maximum atomic E-state index is 12.8. The third-order valence-electron chi connectivity index (χ3n) is 5.47. The average Bonchev–Trinajstić information content (AvgIpc) is 2.92. The fourth-order valence-corrected chi connectivity index (χ4v) is 5.31. The van der Waals surface area contributed by atoms with Crippen LogP contribution in [0.4, 0.5) is 0 Å². The Morgan fingerprint density at radius 2 is 1.89 bits per heavy atom. The highest BCUT2D eigenvalue weighted by Gasteiger charge is 2.59. The van der Waals surface area contributed by atoms with Gasteiger partial charge in [0.15, 0.2) is 11.6 Å². The molecule has 2 fully saturated rings. The molecule has 3 aliphatic carbocycles. The standard InChI is InChI=1S/C16H15BrO2/c1-7-5-8-6-10(7)14-12(8)16(19)13-9(15(14)18)3-2-4-11(13)17/h2-4,7-8,10,12,14H,5-6H2,1H3. The zero-order valence-corrected chi connectivity index (χ0v) is 12.3. The van der Waals surface area contributed by atoms with Crippen molar-refractivity contribution in [2.45, 2.75) is 19.8 Å². The van der Waals surface area contributed by atoms with Gasteiger partial charge in [0.05, 0.1) is 0 Å². The van der Waals surface area contributed by atoms with Crippen LogP contribution >= 0.6 is 15.9 Å². The maximum absolute atomic E-state index is 12.8. The Kier molecular flexibility index (Phi) is 2.36. The van der Waals surface area contributed by atoms with Crippen molar-refractivity contribution in [3.8, 4) is 0 Å². The van der Waals surface area contributed by atoms with Gasteiger partial charge >= 0.3 is 0 Å². The molecule has 0 aromatic heterocycles. The molecule has 0 heterocycles. The number of halogens is 1. The lowest BCUT2D eigenvalue weighted by molar-refractivity contribution is 0.0615. The lowest BCUT2D eigenvalue weighted by atomic mass is 9.65. The van der Waals surface area contributed by atoms with Crippen molar-refractivity contribution in [2.24, 2.45) is 29.6 Å².